The van der Waals surface area contributed by atoms with Crippen LogP contribution in [0.5, 0.6) is 0 Å². The van der Waals surface area contributed by atoms with E-state index in [1.807, 2.05) is 0 Å². The van der Waals surface area contributed by atoms with E-state index in [0.717, 1.165) is 4.42 Å². The van der Waals surface area contributed by atoms with Crippen molar-refractivity contribution in [1.82, 2.24) is 4.42 Å². The van der Waals surface area contributed by atoms with Crippen molar-refractivity contribution in [1.29, 1.82) is 0 Å². The lowest BCUT2D eigenvalue weighted by atomic mass is 9.87. The molecule has 0 aromatic carbocycles. The van der Waals surface area contributed by atoms with E-state index in [0.29, 0.717) is 0 Å². The van der Waals surface area contributed by atoms with Gasteiger partial charge in [0.15, 0.2) is 11.1 Å². The SMILES string of the molecule is CC1(CS(=O)O)OC(=O)N(Cl)C1(C)C. The van der Waals surface area contributed by atoms with E-state index in [1.54, 1.807) is 20.8 Å². The summed E-state index contributed by atoms with van der Waals surface area (Å²) in [4.78, 5) is 11.2. The van der Waals surface area contributed by atoms with Gasteiger partial charge in [0.1, 0.15) is 5.60 Å². The summed E-state index contributed by atoms with van der Waals surface area (Å²) < 4.78 is 25.4. The quantitative estimate of drug-likeness (QED) is 0.585. The minimum Gasteiger partial charge on any atom is -0.439 e. The Morgan fingerprint density at radius 1 is 1.57 bits per heavy atom. The fraction of sp³-hybridized carbons (Fsp3) is 0.857. The van der Waals surface area contributed by atoms with Crippen LogP contribution in [-0.4, -0.2) is 36.2 Å². The fourth-order valence-corrected chi connectivity index (χ4v) is 2.33. The molecule has 14 heavy (non-hydrogen) atoms. The van der Waals surface area contributed by atoms with Crippen LogP contribution in [0, 0.1) is 0 Å². The first kappa shape index (κ1) is 11.7. The van der Waals surface area contributed by atoms with Gasteiger partial charge in [-0.2, -0.15) is 0 Å². The zero-order valence-corrected chi connectivity index (χ0v) is 9.68. The van der Waals surface area contributed by atoms with Gasteiger partial charge in [-0.15, -0.1) is 0 Å². The number of halogens is 1. The molecule has 5 nitrogen and oxygen atoms in total. The Hall–Kier alpha value is -0.330. The van der Waals surface area contributed by atoms with Crippen LogP contribution in [0.15, 0.2) is 0 Å². The highest BCUT2D eigenvalue weighted by Gasteiger charge is 2.57. The summed E-state index contributed by atoms with van der Waals surface area (Å²) in [6, 6.07) is 0. The van der Waals surface area contributed by atoms with Crippen molar-refractivity contribution in [3.8, 4) is 0 Å². The van der Waals surface area contributed by atoms with Gasteiger partial charge in [-0.3, -0.25) is 0 Å². The van der Waals surface area contributed by atoms with Gasteiger partial charge in [-0.25, -0.2) is 13.4 Å². The minimum atomic E-state index is -2.03. The second-order valence-electron chi connectivity index (χ2n) is 3.90. The Kier molecular flexibility index (Phi) is 2.82. The summed E-state index contributed by atoms with van der Waals surface area (Å²) in [5, 5.41) is 0. The smallest absolute Gasteiger partial charge is 0.425 e. The van der Waals surface area contributed by atoms with E-state index in [-0.39, 0.29) is 5.75 Å². The van der Waals surface area contributed by atoms with Crippen LogP contribution in [-0.2, 0) is 15.8 Å². The molecule has 1 aliphatic heterocycles. The predicted octanol–water partition coefficient (Wildman–Crippen LogP) is 1.35. The van der Waals surface area contributed by atoms with Crippen molar-refractivity contribution in [2.75, 3.05) is 5.75 Å². The number of rotatable bonds is 2. The lowest BCUT2D eigenvalue weighted by molar-refractivity contribution is 0.0435. The van der Waals surface area contributed by atoms with E-state index in [9.17, 15) is 9.00 Å². The maximum atomic E-state index is 11.2. The maximum absolute atomic E-state index is 11.2. The van der Waals surface area contributed by atoms with Gasteiger partial charge in [0.05, 0.1) is 11.3 Å². The number of ether oxygens (including phenoxy) is 1. The van der Waals surface area contributed by atoms with Crippen LogP contribution in [0.4, 0.5) is 4.79 Å². The van der Waals surface area contributed by atoms with Gasteiger partial charge in [0.25, 0.3) is 0 Å². The monoisotopic (exact) mass is 241 g/mol. The third kappa shape index (κ3) is 1.62. The van der Waals surface area contributed by atoms with Crippen LogP contribution >= 0.6 is 11.8 Å². The fourth-order valence-electron chi connectivity index (χ4n) is 1.24. The molecular formula is C7H12ClNO4S. The Morgan fingerprint density at radius 2 is 2.07 bits per heavy atom. The average molecular weight is 242 g/mol. The topological polar surface area (TPSA) is 66.8 Å². The maximum Gasteiger partial charge on any atom is 0.425 e. The van der Waals surface area contributed by atoms with Crippen molar-refractivity contribution in [2.45, 2.75) is 31.9 Å². The highest BCUT2D eigenvalue weighted by atomic mass is 35.5. The van der Waals surface area contributed by atoms with E-state index < -0.39 is 28.3 Å². The summed E-state index contributed by atoms with van der Waals surface area (Å²) >= 11 is 3.67. The molecule has 1 aliphatic rings. The molecule has 2 atom stereocenters. The summed E-state index contributed by atoms with van der Waals surface area (Å²) in [5.74, 6) is -0.158. The van der Waals surface area contributed by atoms with Crippen LogP contribution in [0.3, 0.4) is 0 Å². The van der Waals surface area contributed by atoms with Crippen LogP contribution in [0.25, 0.3) is 0 Å². The first-order valence-electron chi connectivity index (χ1n) is 3.97. The molecule has 0 saturated carbocycles. The summed E-state index contributed by atoms with van der Waals surface area (Å²) in [6.45, 7) is 4.94. The lowest BCUT2D eigenvalue weighted by Gasteiger charge is -2.35. The molecule has 1 saturated heterocycles. The summed E-state index contributed by atoms with van der Waals surface area (Å²) in [5.41, 5.74) is -1.87. The molecule has 1 rings (SSSR count). The third-order valence-corrected chi connectivity index (χ3v) is 4.02. The Bertz CT molecular complexity index is 291. The molecule has 1 N–H and O–H groups in total. The van der Waals surface area contributed by atoms with E-state index in [4.69, 9.17) is 21.1 Å². The summed E-state index contributed by atoms with van der Waals surface area (Å²) in [7, 11) is 0. The molecule has 2 unspecified atom stereocenters. The largest absolute Gasteiger partial charge is 0.439 e. The molecular weight excluding hydrogens is 230 g/mol. The highest BCUT2D eigenvalue weighted by Crippen LogP contribution is 2.40. The third-order valence-electron chi connectivity index (χ3n) is 2.66. The molecule has 1 heterocycles. The predicted molar refractivity (Wildman–Crippen MR) is 52.3 cm³/mol. The van der Waals surface area contributed by atoms with E-state index in [1.165, 1.54) is 0 Å². The number of hydrogen-bond acceptors (Lipinski definition) is 3. The van der Waals surface area contributed by atoms with Crippen LogP contribution in [0.1, 0.15) is 20.8 Å². The molecule has 0 aromatic rings. The van der Waals surface area contributed by atoms with Crippen LogP contribution < -0.4 is 0 Å². The number of hydrogen-bond donors (Lipinski definition) is 1. The Labute approximate surface area is 89.8 Å². The van der Waals surface area contributed by atoms with Gasteiger partial charge >= 0.3 is 6.09 Å². The second kappa shape index (κ2) is 3.36. The first-order valence-corrected chi connectivity index (χ1v) is 5.58. The van der Waals surface area contributed by atoms with Gasteiger partial charge in [-0.1, -0.05) is 0 Å². The van der Waals surface area contributed by atoms with Crippen LogP contribution in [0.2, 0.25) is 0 Å². The van der Waals surface area contributed by atoms with Crippen molar-refractivity contribution >= 4 is 29.0 Å². The number of amides is 1. The van der Waals surface area contributed by atoms with Gasteiger partial charge in [0.2, 0.25) is 0 Å². The number of cyclic esters (lactones) is 1. The molecule has 0 aliphatic carbocycles. The van der Waals surface area contributed by atoms with Gasteiger partial charge in [0, 0.05) is 11.8 Å². The molecule has 1 fully saturated rings. The van der Waals surface area contributed by atoms with Crippen molar-refractivity contribution in [2.24, 2.45) is 0 Å². The second-order valence-corrected chi connectivity index (χ2v) is 5.17. The molecule has 0 aromatic heterocycles. The van der Waals surface area contributed by atoms with E-state index in [2.05, 4.69) is 0 Å². The number of carbonyl (C=O) groups is 1. The van der Waals surface area contributed by atoms with Crippen molar-refractivity contribution in [3.63, 3.8) is 0 Å². The number of nitrogens with zero attached hydrogens (tertiary/aromatic N) is 1. The zero-order valence-electron chi connectivity index (χ0n) is 8.11. The first-order chi connectivity index (χ1) is 6.21. The Morgan fingerprint density at radius 3 is 2.36 bits per heavy atom. The molecule has 1 amide bonds. The standard InChI is InChI=1S/C7H12ClNO4S/c1-6(2)7(3,4-14(11)12)13-5(10)9(6)8/h4H2,1-3H3,(H,11,12). The van der Waals surface area contributed by atoms with E-state index >= 15 is 0 Å². The normalized spacial score (nSPS) is 32.9. The lowest BCUT2D eigenvalue weighted by Crippen LogP contribution is -2.52. The average Bonchev–Trinajstić information content (AvgIpc) is 2.11. The molecule has 0 bridgehead atoms. The summed E-state index contributed by atoms with van der Waals surface area (Å²) in [6.07, 6.45) is -0.690. The molecule has 0 radical (unpaired) electrons. The van der Waals surface area contributed by atoms with Crippen molar-refractivity contribution < 1.29 is 18.3 Å². The number of carbonyl (C=O) groups excluding carboxylic acids is 1. The van der Waals surface area contributed by atoms with Gasteiger partial charge < -0.3 is 9.29 Å². The molecule has 82 valence electrons. The van der Waals surface area contributed by atoms with Gasteiger partial charge in [-0.05, 0) is 20.8 Å². The van der Waals surface area contributed by atoms with Crippen molar-refractivity contribution in [3.05, 3.63) is 0 Å². The minimum absolute atomic E-state index is 0.158. The Balaban J connectivity index is 3.00. The zero-order chi connectivity index (χ0) is 11.1. The molecule has 0 spiro atoms. The molecule has 7 heteroatoms. The highest BCUT2D eigenvalue weighted by molar-refractivity contribution is 7.79.